The highest BCUT2D eigenvalue weighted by Crippen LogP contribution is 2.25. The van der Waals surface area contributed by atoms with Crippen molar-refractivity contribution in [2.24, 2.45) is 0 Å². The first-order valence-electron chi connectivity index (χ1n) is 12.2. The van der Waals surface area contributed by atoms with Crippen LogP contribution in [-0.2, 0) is 28.3 Å². The van der Waals surface area contributed by atoms with E-state index < -0.39 is 6.04 Å². The molecule has 0 spiro atoms. The van der Waals surface area contributed by atoms with Gasteiger partial charge in [0.1, 0.15) is 11.9 Å². The maximum Gasteiger partial charge on any atom is 0.243 e. The van der Waals surface area contributed by atoms with E-state index in [1.165, 1.54) is 17.8 Å². The lowest BCUT2D eigenvalue weighted by Crippen LogP contribution is -2.52. The van der Waals surface area contributed by atoms with E-state index in [0.717, 1.165) is 17.5 Å². The molecule has 37 heavy (non-hydrogen) atoms. The molecule has 0 aliphatic carbocycles. The molecule has 0 saturated carbocycles. The lowest BCUT2D eigenvalue weighted by molar-refractivity contribution is -0.139. The molecule has 0 aliphatic rings. The van der Waals surface area contributed by atoms with Crippen LogP contribution < -0.4 is 5.32 Å². The van der Waals surface area contributed by atoms with Gasteiger partial charge >= 0.3 is 0 Å². The molecule has 3 rings (SSSR count). The first-order chi connectivity index (χ1) is 17.8. The van der Waals surface area contributed by atoms with Crippen LogP contribution >= 0.6 is 35.0 Å². The van der Waals surface area contributed by atoms with Gasteiger partial charge in [-0.25, -0.2) is 4.39 Å². The molecule has 0 heterocycles. The van der Waals surface area contributed by atoms with E-state index in [0.29, 0.717) is 27.8 Å². The number of amides is 2. The van der Waals surface area contributed by atoms with E-state index in [9.17, 15) is 14.0 Å². The van der Waals surface area contributed by atoms with Crippen LogP contribution in [0.3, 0.4) is 0 Å². The molecule has 196 valence electrons. The Labute approximate surface area is 232 Å². The van der Waals surface area contributed by atoms with Crippen LogP contribution in [0.1, 0.15) is 37.0 Å². The van der Waals surface area contributed by atoms with Gasteiger partial charge in [-0.1, -0.05) is 84.7 Å². The van der Waals surface area contributed by atoms with Crippen molar-refractivity contribution in [1.29, 1.82) is 0 Å². The molecule has 8 heteroatoms. The first kappa shape index (κ1) is 29.0. The maximum atomic E-state index is 14.1. The van der Waals surface area contributed by atoms with E-state index >= 15 is 0 Å². The van der Waals surface area contributed by atoms with Crippen LogP contribution in [0.2, 0.25) is 10.0 Å². The Morgan fingerprint density at radius 2 is 1.68 bits per heavy atom. The third-order valence-electron chi connectivity index (χ3n) is 6.05. The van der Waals surface area contributed by atoms with Crippen LogP contribution in [0.5, 0.6) is 0 Å². The topological polar surface area (TPSA) is 49.4 Å². The van der Waals surface area contributed by atoms with E-state index in [1.54, 1.807) is 41.3 Å². The van der Waals surface area contributed by atoms with Crippen LogP contribution in [0.15, 0.2) is 72.8 Å². The molecule has 3 aromatic rings. The van der Waals surface area contributed by atoms with Crippen LogP contribution in [0, 0.1) is 5.82 Å². The average Bonchev–Trinajstić information content (AvgIpc) is 2.89. The minimum Gasteiger partial charge on any atom is -0.352 e. The molecule has 0 fully saturated rings. The summed E-state index contributed by atoms with van der Waals surface area (Å²) in [5.41, 5.74) is 2.24. The Kier molecular flexibility index (Phi) is 11.3. The number of hydrogen-bond acceptors (Lipinski definition) is 3. The number of nitrogens with zero attached hydrogens (tertiary/aromatic N) is 1. The predicted molar refractivity (Wildman–Crippen MR) is 151 cm³/mol. The van der Waals surface area contributed by atoms with Crippen LogP contribution in [0.4, 0.5) is 4.39 Å². The monoisotopic (exact) mass is 560 g/mol. The van der Waals surface area contributed by atoms with Crippen molar-refractivity contribution in [3.8, 4) is 0 Å². The molecule has 0 radical (unpaired) electrons. The summed E-state index contributed by atoms with van der Waals surface area (Å²) in [6.07, 6.45) is 1.12. The maximum absolute atomic E-state index is 14.1. The zero-order valence-corrected chi connectivity index (χ0v) is 23.3. The molecule has 2 amide bonds. The Hall–Kier alpha value is -2.54. The Bertz CT molecular complexity index is 1200. The largest absolute Gasteiger partial charge is 0.352 e. The molecule has 4 nitrogen and oxygen atoms in total. The molecular weight excluding hydrogens is 530 g/mol. The quantitative estimate of drug-likeness (QED) is 0.261. The fraction of sp³-hybridized carbons (Fsp3) is 0.310. The molecule has 0 bridgehead atoms. The summed E-state index contributed by atoms with van der Waals surface area (Å²) in [6, 6.07) is 20.5. The van der Waals surface area contributed by atoms with Crippen molar-refractivity contribution in [3.05, 3.63) is 105 Å². The smallest absolute Gasteiger partial charge is 0.243 e. The van der Waals surface area contributed by atoms with Gasteiger partial charge in [-0.15, -0.1) is 11.8 Å². The molecule has 0 aromatic heterocycles. The third kappa shape index (κ3) is 8.77. The van der Waals surface area contributed by atoms with Crippen molar-refractivity contribution in [3.63, 3.8) is 0 Å². The van der Waals surface area contributed by atoms with Crippen LogP contribution in [-0.4, -0.2) is 34.6 Å². The summed E-state index contributed by atoms with van der Waals surface area (Å²) in [5.74, 6) is -0.290. The number of halogens is 3. The van der Waals surface area contributed by atoms with Crippen molar-refractivity contribution < 1.29 is 14.0 Å². The molecule has 1 N–H and O–H groups in total. The third-order valence-corrected chi connectivity index (χ3v) is 7.76. The lowest BCUT2D eigenvalue weighted by atomic mass is 10.0. The second kappa shape index (κ2) is 14.4. The SMILES string of the molecule is CC[C@@H](C)NC(=O)[C@@H](Cc1ccccc1)N(Cc1ccc(Cl)c(Cl)c1)C(=O)CSCc1ccccc1F. The molecule has 2 atom stereocenters. The standard InChI is InChI=1S/C29H31Cl2FN2O2S/c1-3-20(2)33-29(36)27(16-21-9-5-4-6-10-21)34(17-22-13-14-24(30)25(31)15-22)28(35)19-37-18-23-11-7-8-12-26(23)32/h4-15,20,27H,3,16-19H2,1-2H3,(H,33,36)/t20-,27-/m1/s1. The molecular formula is C29H31Cl2FN2O2S. The summed E-state index contributed by atoms with van der Waals surface area (Å²) in [4.78, 5) is 28.7. The van der Waals surface area contributed by atoms with Gasteiger partial charge in [-0.3, -0.25) is 9.59 Å². The number of hydrogen-bond donors (Lipinski definition) is 1. The summed E-state index contributed by atoms with van der Waals surface area (Å²) in [7, 11) is 0. The Balaban J connectivity index is 1.89. The highest BCUT2D eigenvalue weighted by Gasteiger charge is 2.31. The number of thioether (sulfide) groups is 1. The second-order valence-corrected chi connectivity index (χ2v) is 10.7. The summed E-state index contributed by atoms with van der Waals surface area (Å²) < 4.78 is 14.1. The van der Waals surface area contributed by atoms with Crippen molar-refractivity contribution >= 4 is 46.8 Å². The minimum absolute atomic E-state index is 0.0388. The van der Waals surface area contributed by atoms with Gasteiger partial charge in [0.2, 0.25) is 11.8 Å². The van der Waals surface area contributed by atoms with Gasteiger partial charge in [0.15, 0.2) is 0 Å². The highest BCUT2D eigenvalue weighted by atomic mass is 35.5. The Morgan fingerprint density at radius 3 is 2.35 bits per heavy atom. The highest BCUT2D eigenvalue weighted by molar-refractivity contribution is 7.99. The normalized spacial score (nSPS) is 12.6. The number of carbonyl (C=O) groups is 2. The Morgan fingerprint density at radius 1 is 0.973 bits per heavy atom. The van der Waals surface area contributed by atoms with Gasteiger partial charge in [0, 0.05) is 24.8 Å². The number of nitrogens with one attached hydrogen (secondary N) is 1. The van der Waals surface area contributed by atoms with E-state index in [1.807, 2.05) is 44.2 Å². The number of carbonyl (C=O) groups excluding carboxylic acids is 2. The van der Waals surface area contributed by atoms with E-state index in [4.69, 9.17) is 23.2 Å². The van der Waals surface area contributed by atoms with Gasteiger partial charge in [-0.05, 0) is 48.2 Å². The molecule has 0 saturated heterocycles. The van der Waals surface area contributed by atoms with Crippen molar-refractivity contribution in [1.82, 2.24) is 10.2 Å². The fourth-order valence-corrected chi connectivity index (χ4v) is 4.99. The van der Waals surface area contributed by atoms with E-state index in [-0.39, 0.29) is 36.0 Å². The summed E-state index contributed by atoms with van der Waals surface area (Å²) in [5, 5.41) is 3.84. The molecule has 0 aliphatic heterocycles. The number of rotatable bonds is 12. The van der Waals surface area contributed by atoms with Gasteiger partial charge in [0.25, 0.3) is 0 Å². The van der Waals surface area contributed by atoms with Crippen molar-refractivity contribution in [2.45, 2.75) is 51.1 Å². The zero-order valence-electron chi connectivity index (χ0n) is 20.9. The van der Waals surface area contributed by atoms with E-state index in [2.05, 4.69) is 5.32 Å². The molecule has 0 unspecified atom stereocenters. The fourth-order valence-electron chi connectivity index (χ4n) is 3.78. The summed E-state index contributed by atoms with van der Waals surface area (Å²) >= 11 is 13.7. The second-order valence-electron chi connectivity index (χ2n) is 8.88. The van der Waals surface area contributed by atoms with Gasteiger partial charge in [-0.2, -0.15) is 0 Å². The van der Waals surface area contributed by atoms with Crippen molar-refractivity contribution in [2.75, 3.05) is 5.75 Å². The summed E-state index contributed by atoms with van der Waals surface area (Å²) in [6.45, 7) is 4.11. The van der Waals surface area contributed by atoms with Gasteiger partial charge < -0.3 is 10.2 Å². The molecule has 3 aromatic carbocycles. The lowest BCUT2D eigenvalue weighted by Gasteiger charge is -2.32. The van der Waals surface area contributed by atoms with Crippen LogP contribution in [0.25, 0.3) is 0 Å². The average molecular weight is 562 g/mol. The number of benzene rings is 3. The minimum atomic E-state index is -0.743. The zero-order chi connectivity index (χ0) is 26.8. The van der Waals surface area contributed by atoms with Gasteiger partial charge in [0.05, 0.1) is 15.8 Å². The first-order valence-corrected chi connectivity index (χ1v) is 14.1. The predicted octanol–water partition coefficient (Wildman–Crippen LogP) is 6.92.